The number of benzene rings is 1. The normalized spacial score (nSPS) is 15.2. The minimum Gasteiger partial charge on any atom is -0.354 e. The van der Waals surface area contributed by atoms with Crippen LogP contribution < -0.4 is 14.5 Å². The molecule has 0 atom stereocenters. The van der Waals surface area contributed by atoms with E-state index >= 15 is 0 Å². The summed E-state index contributed by atoms with van der Waals surface area (Å²) in [6, 6.07) is 12.6. The Balaban J connectivity index is 1.63. The van der Waals surface area contributed by atoms with Gasteiger partial charge in [-0.15, -0.1) is 0 Å². The van der Waals surface area contributed by atoms with E-state index in [2.05, 4.69) is 20.1 Å². The van der Waals surface area contributed by atoms with E-state index in [1.54, 1.807) is 24.3 Å². The van der Waals surface area contributed by atoms with Gasteiger partial charge in [0.05, 0.1) is 12.2 Å². The molecule has 0 saturated carbocycles. The van der Waals surface area contributed by atoms with Crippen LogP contribution in [0.4, 0.5) is 11.5 Å². The Morgan fingerprint density at radius 2 is 1.77 bits per heavy atom. The molecule has 0 radical (unpaired) electrons. The lowest BCUT2D eigenvalue weighted by molar-refractivity contribution is -0.122. The Morgan fingerprint density at radius 1 is 1.10 bits per heavy atom. The molecule has 8 nitrogen and oxygen atoms in total. The fraction of sp³-hybridized carbons (Fsp3) is 0.455. The van der Waals surface area contributed by atoms with E-state index < -0.39 is 10.0 Å². The van der Waals surface area contributed by atoms with Crippen molar-refractivity contribution in [1.29, 1.82) is 0 Å². The van der Waals surface area contributed by atoms with Gasteiger partial charge in [-0.1, -0.05) is 18.2 Å². The number of hydrogen-bond donors (Lipinski definition) is 1. The average Bonchev–Trinajstić information content (AvgIpc) is 2.75. The first-order valence-electron chi connectivity index (χ1n) is 10.6. The van der Waals surface area contributed by atoms with Gasteiger partial charge in [0.25, 0.3) is 10.0 Å². The van der Waals surface area contributed by atoms with Gasteiger partial charge in [-0.25, -0.2) is 13.4 Å². The van der Waals surface area contributed by atoms with Crippen LogP contribution in [-0.4, -0.2) is 69.5 Å². The molecule has 9 heteroatoms. The summed E-state index contributed by atoms with van der Waals surface area (Å²) in [5.41, 5.74) is 0.631. The zero-order valence-corrected chi connectivity index (χ0v) is 19.2. The van der Waals surface area contributed by atoms with Crippen LogP contribution >= 0.6 is 0 Å². The molecular weight excluding hydrogens is 414 g/mol. The van der Waals surface area contributed by atoms with Crippen LogP contribution in [0.2, 0.25) is 0 Å². The van der Waals surface area contributed by atoms with Crippen LogP contribution in [0, 0.1) is 0 Å². The number of pyridine rings is 1. The lowest BCUT2D eigenvalue weighted by atomic mass is 10.3. The summed E-state index contributed by atoms with van der Waals surface area (Å²) in [5.74, 6) is 0.781. The van der Waals surface area contributed by atoms with Gasteiger partial charge in [-0.3, -0.25) is 14.0 Å². The smallest absolute Gasteiger partial charge is 0.265 e. The van der Waals surface area contributed by atoms with Gasteiger partial charge < -0.3 is 10.2 Å². The minimum atomic E-state index is -3.68. The Bertz CT molecular complexity index is 956. The number of para-hydroxylation sites is 1. The van der Waals surface area contributed by atoms with Crippen molar-refractivity contribution in [2.75, 3.05) is 48.5 Å². The monoisotopic (exact) mass is 445 g/mol. The number of aromatic nitrogens is 1. The van der Waals surface area contributed by atoms with Gasteiger partial charge in [0, 0.05) is 45.0 Å². The van der Waals surface area contributed by atoms with Gasteiger partial charge >= 0.3 is 0 Å². The van der Waals surface area contributed by atoms with E-state index in [0.29, 0.717) is 18.8 Å². The van der Waals surface area contributed by atoms with Crippen LogP contribution in [0.25, 0.3) is 0 Å². The molecule has 2 heterocycles. The van der Waals surface area contributed by atoms with Crippen molar-refractivity contribution in [2.45, 2.75) is 31.7 Å². The van der Waals surface area contributed by atoms with E-state index in [-0.39, 0.29) is 16.8 Å². The summed E-state index contributed by atoms with van der Waals surface area (Å²) in [7, 11) is -3.68. The number of hydrogen-bond acceptors (Lipinski definition) is 6. The zero-order valence-electron chi connectivity index (χ0n) is 18.4. The molecular formula is C22H31N5O3S. The number of amides is 1. The first-order chi connectivity index (χ1) is 14.8. The second kappa shape index (κ2) is 10.1. The molecule has 1 fully saturated rings. The van der Waals surface area contributed by atoms with Crippen LogP contribution in [0.3, 0.4) is 0 Å². The highest BCUT2D eigenvalue weighted by Crippen LogP contribution is 2.24. The van der Waals surface area contributed by atoms with Crippen LogP contribution in [0.1, 0.15) is 20.8 Å². The number of piperazine rings is 1. The van der Waals surface area contributed by atoms with Gasteiger partial charge in [-0.2, -0.15) is 0 Å². The number of nitrogens with one attached hydrogen (secondary N) is 1. The van der Waals surface area contributed by atoms with Crippen molar-refractivity contribution in [2.24, 2.45) is 0 Å². The maximum absolute atomic E-state index is 13.1. The first kappa shape index (κ1) is 23.0. The second-order valence-corrected chi connectivity index (χ2v) is 9.71. The maximum atomic E-state index is 13.1. The standard InChI is InChI=1S/C22H31N5O3S/c1-4-27(19-8-6-5-7-9-19)31(29,30)20-10-11-21(23-16-20)26-14-12-25(13-15-26)17-22(28)24-18(2)3/h5-11,16,18H,4,12-15,17H2,1-3H3,(H,24,28). The third-order valence-corrected chi connectivity index (χ3v) is 7.04. The molecule has 0 spiro atoms. The molecule has 1 saturated heterocycles. The highest BCUT2D eigenvalue weighted by atomic mass is 32.2. The van der Waals surface area contributed by atoms with Gasteiger partial charge in [-0.05, 0) is 45.0 Å². The molecule has 2 aromatic rings. The summed E-state index contributed by atoms with van der Waals surface area (Å²) >= 11 is 0. The molecule has 1 aromatic heterocycles. The summed E-state index contributed by atoms with van der Waals surface area (Å²) < 4.78 is 27.6. The molecule has 0 unspecified atom stereocenters. The van der Waals surface area contributed by atoms with E-state index in [9.17, 15) is 13.2 Å². The minimum absolute atomic E-state index is 0.0371. The van der Waals surface area contributed by atoms with Gasteiger partial charge in [0.2, 0.25) is 5.91 Å². The van der Waals surface area contributed by atoms with E-state index in [4.69, 9.17) is 0 Å². The average molecular weight is 446 g/mol. The number of rotatable bonds is 8. The number of carbonyl (C=O) groups is 1. The SMILES string of the molecule is CCN(c1ccccc1)S(=O)(=O)c1ccc(N2CCN(CC(=O)NC(C)C)CC2)nc1. The summed E-state index contributed by atoms with van der Waals surface area (Å²) in [6.07, 6.45) is 1.43. The van der Waals surface area contributed by atoms with Crippen molar-refractivity contribution in [3.8, 4) is 0 Å². The third-order valence-electron chi connectivity index (χ3n) is 5.15. The highest BCUT2D eigenvalue weighted by molar-refractivity contribution is 7.92. The number of nitrogens with zero attached hydrogens (tertiary/aromatic N) is 4. The fourth-order valence-corrected chi connectivity index (χ4v) is 5.05. The summed E-state index contributed by atoms with van der Waals surface area (Å²) in [6.45, 7) is 9.42. The molecule has 31 heavy (non-hydrogen) atoms. The molecule has 1 aliphatic rings. The molecule has 0 aliphatic carbocycles. The largest absolute Gasteiger partial charge is 0.354 e. The highest BCUT2D eigenvalue weighted by Gasteiger charge is 2.25. The number of sulfonamides is 1. The molecule has 1 amide bonds. The Morgan fingerprint density at radius 3 is 2.32 bits per heavy atom. The van der Waals surface area contributed by atoms with Crippen molar-refractivity contribution in [3.63, 3.8) is 0 Å². The van der Waals surface area contributed by atoms with Crippen molar-refractivity contribution in [1.82, 2.24) is 15.2 Å². The number of anilines is 2. The van der Waals surface area contributed by atoms with E-state index in [1.165, 1.54) is 10.5 Å². The van der Waals surface area contributed by atoms with Crippen LogP contribution in [-0.2, 0) is 14.8 Å². The van der Waals surface area contributed by atoms with Crippen molar-refractivity contribution in [3.05, 3.63) is 48.7 Å². The Hall–Kier alpha value is -2.65. The topological polar surface area (TPSA) is 85.9 Å². The third kappa shape index (κ3) is 5.74. The van der Waals surface area contributed by atoms with E-state index in [0.717, 1.165) is 32.0 Å². The Kier molecular flexibility index (Phi) is 7.50. The molecule has 1 aliphatic heterocycles. The number of carbonyl (C=O) groups excluding carboxylic acids is 1. The molecule has 1 N–H and O–H groups in total. The van der Waals surface area contributed by atoms with Crippen molar-refractivity contribution < 1.29 is 13.2 Å². The van der Waals surface area contributed by atoms with E-state index in [1.807, 2.05) is 39.0 Å². The molecule has 3 rings (SSSR count). The van der Waals surface area contributed by atoms with Crippen LogP contribution in [0.5, 0.6) is 0 Å². The first-order valence-corrected chi connectivity index (χ1v) is 12.1. The quantitative estimate of drug-likeness (QED) is 0.668. The molecule has 168 valence electrons. The molecule has 1 aromatic carbocycles. The predicted molar refractivity (Wildman–Crippen MR) is 123 cm³/mol. The maximum Gasteiger partial charge on any atom is 0.265 e. The lowest BCUT2D eigenvalue weighted by Gasteiger charge is -2.35. The van der Waals surface area contributed by atoms with Gasteiger partial charge in [0.1, 0.15) is 10.7 Å². The van der Waals surface area contributed by atoms with Gasteiger partial charge in [0.15, 0.2) is 0 Å². The lowest BCUT2D eigenvalue weighted by Crippen LogP contribution is -2.50. The van der Waals surface area contributed by atoms with Crippen molar-refractivity contribution >= 4 is 27.4 Å². The zero-order chi connectivity index (χ0) is 22.4. The Labute approximate surface area is 184 Å². The molecule has 0 bridgehead atoms. The summed E-state index contributed by atoms with van der Waals surface area (Å²) in [4.78, 5) is 20.8. The van der Waals surface area contributed by atoms with Crippen LogP contribution in [0.15, 0.2) is 53.6 Å². The summed E-state index contributed by atoms with van der Waals surface area (Å²) in [5, 5.41) is 2.91. The predicted octanol–water partition coefficient (Wildman–Crippen LogP) is 1.94. The second-order valence-electron chi connectivity index (χ2n) is 7.84. The fourth-order valence-electron chi connectivity index (χ4n) is 3.63.